The maximum absolute atomic E-state index is 13.6. The van der Waals surface area contributed by atoms with Crippen LogP contribution in [0.4, 0.5) is 17.6 Å². The molecule has 1 nitrogen and oxygen atoms in total. The van der Waals surface area contributed by atoms with E-state index in [2.05, 4.69) is 15.9 Å². The standard InChI is InChI=1S/C14H7BrF4O/c15-8-5-10(17)13(11(18)6-8)12(20)4-7-2-1-3-9(16)14(7)19/h1-3,5-6H,4H2. The molecule has 0 unspecified atom stereocenters. The van der Waals surface area contributed by atoms with Crippen molar-refractivity contribution in [1.82, 2.24) is 0 Å². The van der Waals surface area contributed by atoms with Gasteiger partial charge in [0.2, 0.25) is 0 Å². The van der Waals surface area contributed by atoms with Crippen LogP contribution in [0.2, 0.25) is 0 Å². The average molecular weight is 347 g/mol. The van der Waals surface area contributed by atoms with Gasteiger partial charge in [-0.05, 0) is 23.8 Å². The van der Waals surface area contributed by atoms with E-state index in [9.17, 15) is 22.4 Å². The molecule has 0 atom stereocenters. The highest BCUT2D eigenvalue weighted by Crippen LogP contribution is 2.22. The van der Waals surface area contributed by atoms with Crippen molar-refractivity contribution < 1.29 is 22.4 Å². The summed E-state index contributed by atoms with van der Waals surface area (Å²) in [5, 5.41) is 0. The molecule has 0 saturated heterocycles. The Kier molecular flexibility index (Phi) is 4.23. The Balaban J connectivity index is 2.36. The third-order valence-electron chi connectivity index (χ3n) is 2.67. The smallest absolute Gasteiger partial charge is 0.173 e. The van der Waals surface area contributed by atoms with Gasteiger partial charge in [-0.15, -0.1) is 0 Å². The van der Waals surface area contributed by atoms with Crippen LogP contribution in [0, 0.1) is 23.3 Å². The van der Waals surface area contributed by atoms with E-state index in [-0.39, 0.29) is 10.0 Å². The lowest BCUT2D eigenvalue weighted by Gasteiger charge is -2.06. The third-order valence-corrected chi connectivity index (χ3v) is 3.13. The second kappa shape index (κ2) is 5.75. The zero-order valence-corrected chi connectivity index (χ0v) is 11.5. The molecule has 0 aliphatic heterocycles. The molecule has 0 heterocycles. The molecule has 0 aromatic heterocycles. The van der Waals surface area contributed by atoms with Gasteiger partial charge in [0.15, 0.2) is 17.4 Å². The molecule has 0 saturated carbocycles. The number of carbonyl (C=O) groups excluding carboxylic acids is 1. The van der Waals surface area contributed by atoms with Crippen LogP contribution in [0.25, 0.3) is 0 Å². The van der Waals surface area contributed by atoms with Crippen LogP contribution in [0.1, 0.15) is 15.9 Å². The summed E-state index contributed by atoms with van der Waals surface area (Å²) >= 11 is 2.88. The SMILES string of the molecule is O=C(Cc1cccc(F)c1F)c1c(F)cc(Br)cc1F. The van der Waals surface area contributed by atoms with Crippen molar-refractivity contribution in [3.8, 4) is 0 Å². The number of ketones is 1. The number of hydrogen-bond acceptors (Lipinski definition) is 1. The van der Waals surface area contributed by atoms with E-state index in [0.717, 1.165) is 18.2 Å². The highest BCUT2D eigenvalue weighted by Gasteiger charge is 2.20. The maximum atomic E-state index is 13.6. The molecule has 104 valence electrons. The summed E-state index contributed by atoms with van der Waals surface area (Å²) in [5.41, 5.74) is -1.02. The second-order valence-electron chi connectivity index (χ2n) is 4.06. The van der Waals surface area contributed by atoms with E-state index >= 15 is 0 Å². The third kappa shape index (κ3) is 2.90. The molecule has 0 fully saturated rings. The average Bonchev–Trinajstić information content (AvgIpc) is 2.33. The Morgan fingerprint density at radius 3 is 2.20 bits per heavy atom. The molecule has 0 amide bonds. The number of Topliss-reactive ketones (excluding diaryl/α,β-unsaturated/α-hetero) is 1. The predicted octanol–water partition coefficient (Wildman–Crippen LogP) is 4.43. The summed E-state index contributed by atoms with van der Waals surface area (Å²) in [6.07, 6.45) is -0.626. The number of benzene rings is 2. The zero-order chi connectivity index (χ0) is 14.9. The van der Waals surface area contributed by atoms with Gasteiger partial charge in [0.1, 0.15) is 11.6 Å². The summed E-state index contributed by atoms with van der Waals surface area (Å²) in [6, 6.07) is 5.15. The highest BCUT2D eigenvalue weighted by molar-refractivity contribution is 9.10. The van der Waals surface area contributed by atoms with Crippen molar-refractivity contribution >= 4 is 21.7 Å². The molecule has 0 aliphatic carbocycles. The van der Waals surface area contributed by atoms with E-state index in [1.165, 1.54) is 12.1 Å². The molecule has 0 radical (unpaired) electrons. The van der Waals surface area contributed by atoms with Gasteiger partial charge in [-0.1, -0.05) is 28.1 Å². The molecule has 0 N–H and O–H groups in total. The minimum absolute atomic E-state index is 0.140. The molecule has 20 heavy (non-hydrogen) atoms. The minimum Gasteiger partial charge on any atom is -0.294 e. The van der Waals surface area contributed by atoms with Crippen LogP contribution in [0.5, 0.6) is 0 Å². The first-order valence-electron chi connectivity index (χ1n) is 5.50. The van der Waals surface area contributed by atoms with Crippen molar-refractivity contribution in [3.63, 3.8) is 0 Å². The summed E-state index contributed by atoms with van der Waals surface area (Å²) in [4.78, 5) is 11.8. The number of halogens is 5. The van der Waals surface area contributed by atoms with Gasteiger partial charge in [0.25, 0.3) is 0 Å². The molecule has 0 aliphatic rings. The van der Waals surface area contributed by atoms with E-state index < -0.39 is 41.0 Å². The summed E-state index contributed by atoms with van der Waals surface area (Å²) < 4.78 is 53.7. The molecular weight excluding hydrogens is 340 g/mol. The summed E-state index contributed by atoms with van der Waals surface area (Å²) in [7, 11) is 0. The first-order valence-corrected chi connectivity index (χ1v) is 6.30. The predicted molar refractivity (Wildman–Crippen MR) is 68.5 cm³/mol. The normalized spacial score (nSPS) is 10.7. The van der Waals surface area contributed by atoms with Gasteiger partial charge in [0, 0.05) is 10.9 Å². The molecule has 2 rings (SSSR count). The first-order chi connectivity index (χ1) is 9.40. The molecule has 6 heteroatoms. The minimum atomic E-state index is -1.20. The Labute approximate surface area is 120 Å². The van der Waals surface area contributed by atoms with Gasteiger partial charge in [0.05, 0.1) is 5.56 Å². The fourth-order valence-corrected chi connectivity index (χ4v) is 2.16. The highest BCUT2D eigenvalue weighted by atomic mass is 79.9. The van der Waals surface area contributed by atoms with Gasteiger partial charge in [-0.2, -0.15) is 0 Å². The van der Waals surface area contributed by atoms with Crippen molar-refractivity contribution in [3.05, 3.63) is 69.2 Å². The van der Waals surface area contributed by atoms with Crippen LogP contribution in [0.15, 0.2) is 34.8 Å². The van der Waals surface area contributed by atoms with E-state index in [0.29, 0.717) is 0 Å². The van der Waals surface area contributed by atoms with Crippen molar-refractivity contribution in [2.24, 2.45) is 0 Å². The van der Waals surface area contributed by atoms with Crippen LogP contribution < -0.4 is 0 Å². The Morgan fingerprint density at radius 2 is 1.60 bits per heavy atom. The molecular formula is C14H7BrF4O. The number of rotatable bonds is 3. The Bertz CT molecular complexity index is 662. The second-order valence-corrected chi connectivity index (χ2v) is 4.97. The van der Waals surface area contributed by atoms with E-state index in [1.807, 2.05) is 0 Å². The molecule has 2 aromatic rings. The largest absolute Gasteiger partial charge is 0.294 e. The van der Waals surface area contributed by atoms with Crippen molar-refractivity contribution in [1.29, 1.82) is 0 Å². The van der Waals surface area contributed by atoms with E-state index in [1.54, 1.807) is 0 Å². The van der Waals surface area contributed by atoms with E-state index in [4.69, 9.17) is 0 Å². The lowest BCUT2D eigenvalue weighted by Crippen LogP contribution is -2.10. The van der Waals surface area contributed by atoms with Crippen LogP contribution >= 0.6 is 15.9 Å². The van der Waals surface area contributed by atoms with Crippen molar-refractivity contribution in [2.75, 3.05) is 0 Å². The van der Waals surface area contributed by atoms with Gasteiger partial charge >= 0.3 is 0 Å². The Morgan fingerprint density at radius 1 is 1.00 bits per heavy atom. The molecule has 2 aromatic carbocycles. The number of hydrogen-bond donors (Lipinski definition) is 0. The van der Waals surface area contributed by atoms with Crippen LogP contribution in [-0.4, -0.2) is 5.78 Å². The van der Waals surface area contributed by atoms with Gasteiger partial charge < -0.3 is 0 Å². The van der Waals surface area contributed by atoms with Crippen LogP contribution in [0.3, 0.4) is 0 Å². The summed E-state index contributed by atoms with van der Waals surface area (Å²) in [6.45, 7) is 0. The number of carbonyl (C=O) groups is 1. The molecule has 0 bridgehead atoms. The quantitative estimate of drug-likeness (QED) is 0.593. The zero-order valence-electron chi connectivity index (χ0n) is 9.89. The van der Waals surface area contributed by atoms with Crippen molar-refractivity contribution in [2.45, 2.75) is 6.42 Å². The maximum Gasteiger partial charge on any atom is 0.173 e. The summed E-state index contributed by atoms with van der Waals surface area (Å²) in [5.74, 6) is -5.39. The van der Waals surface area contributed by atoms with Crippen LogP contribution in [-0.2, 0) is 6.42 Å². The molecule has 0 spiro atoms. The monoisotopic (exact) mass is 346 g/mol. The topological polar surface area (TPSA) is 17.1 Å². The Hall–Kier alpha value is -1.69. The first kappa shape index (κ1) is 14.7. The lowest BCUT2D eigenvalue weighted by molar-refractivity contribution is 0.0983. The van der Waals surface area contributed by atoms with Gasteiger partial charge in [-0.25, -0.2) is 17.6 Å². The van der Waals surface area contributed by atoms with Gasteiger partial charge in [-0.3, -0.25) is 4.79 Å². The fourth-order valence-electron chi connectivity index (χ4n) is 1.75. The lowest BCUT2D eigenvalue weighted by atomic mass is 10.0. The fraction of sp³-hybridized carbons (Fsp3) is 0.0714.